The fourth-order valence-electron chi connectivity index (χ4n) is 2.34. The molecule has 0 bridgehead atoms. The zero-order chi connectivity index (χ0) is 13.4. The fourth-order valence-corrected chi connectivity index (χ4v) is 2.34. The van der Waals surface area contributed by atoms with E-state index in [1.807, 2.05) is 18.7 Å². The van der Waals surface area contributed by atoms with E-state index in [4.69, 9.17) is 0 Å². The van der Waals surface area contributed by atoms with Crippen LogP contribution < -0.4 is 0 Å². The molecule has 3 aromatic rings. The van der Waals surface area contributed by atoms with Gasteiger partial charge in [0.25, 0.3) is 0 Å². The summed E-state index contributed by atoms with van der Waals surface area (Å²) in [5.41, 5.74) is 7.23. The van der Waals surface area contributed by atoms with E-state index in [-0.39, 0.29) is 0 Å². The summed E-state index contributed by atoms with van der Waals surface area (Å²) in [7, 11) is 0. The van der Waals surface area contributed by atoms with Gasteiger partial charge >= 0.3 is 0 Å². The zero-order valence-electron chi connectivity index (χ0n) is 11.5. The van der Waals surface area contributed by atoms with Crippen LogP contribution in [0.25, 0.3) is 11.0 Å². The number of pyridine rings is 1. The van der Waals surface area contributed by atoms with Crippen LogP contribution >= 0.6 is 0 Å². The van der Waals surface area contributed by atoms with Gasteiger partial charge in [0.2, 0.25) is 0 Å². The standard InChI is InChI=1S/C16H17N3/c1-11-4-14(8-17-7-11)9-19-10-18-15-5-12(2)13(3)6-16(15)19/h4-8,10H,9H2,1-3H3. The Morgan fingerprint density at radius 2 is 1.79 bits per heavy atom. The maximum absolute atomic E-state index is 4.48. The number of rotatable bonds is 2. The molecule has 0 aliphatic rings. The van der Waals surface area contributed by atoms with E-state index in [0.29, 0.717) is 0 Å². The second-order valence-electron chi connectivity index (χ2n) is 5.17. The summed E-state index contributed by atoms with van der Waals surface area (Å²) < 4.78 is 2.18. The first-order valence-electron chi connectivity index (χ1n) is 6.46. The number of hydrogen-bond acceptors (Lipinski definition) is 2. The van der Waals surface area contributed by atoms with Crippen LogP contribution in [0.2, 0.25) is 0 Å². The van der Waals surface area contributed by atoms with Crippen molar-refractivity contribution in [3.05, 3.63) is 59.2 Å². The van der Waals surface area contributed by atoms with Crippen molar-refractivity contribution < 1.29 is 0 Å². The molecule has 0 saturated carbocycles. The van der Waals surface area contributed by atoms with Crippen molar-refractivity contribution >= 4 is 11.0 Å². The Morgan fingerprint density at radius 1 is 1.00 bits per heavy atom. The molecule has 19 heavy (non-hydrogen) atoms. The molecule has 0 radical (unpaired) electrons. The minimum absolute atomic E-state index is 0.813. The first kappa shape index (κ1) is 11.9. The third-order valence-corrected chi connectivity index (χ3v) is 3.52. The quantitative estimate of drug-likeness (QED) is 0.699. The Kier molecular flexibility index (Phi) is 2.82. The summed E-state index contributed by atoms with van der Waals surface area (Å²) in [6.07, 6.45) is 5.70. The topological polar surface area (TPSA) is 30.7 Å². The molecule has 1 aromatic carbocycles. The highest BCUT2D eigenvalue weighted by atomic mass is 15.0. The van der Waals surface area contributed by atoms with Crippen molar-refractivity contribution in [1.82, 2.24) is 14.5 Å². The zero-order valence-corrected chi connectivity index (χ0v) is 11.5. The van der Waals surface area contributed by atoms with Crippen molar-refractivity contribution in [2.75, 3.05) is 0 Å². The molecule has 3 rings (SSSR count). The van der Waals surface area contributed by atoms with Gasteiger partial charge < -0.3 is 4.57 Å². The molecular weight excluding hydrogens is 234 g/mol. The van der Waals surface area contributed by atoms with E-state index in [0.717, 1.165) is 12.1 Å². The summed E-state index contributed by atoms with van der Waals surface area (Å²) in [5.74, 6) is 0. The molecule has 0 aliphatic heterocycles. The van der Waals surface area contributed by atoms with Gasteiger partial charge in [0, 0.05) is 12.4 Å². The Labute approximate surface area is 112 Å². The lowest BCUT2D eigenvalue weighted by molar-refractivity contribution is 0.818. The second kappa shape index (κ2) is 4.50. The van der Waals surface area contributed by atoms with Crippen molar-refractivity contribution in [2.45, 2.75) is 27.3 Å². The van der Waals surface area contributed by atoms with E-state index in [2.05, 4.69) is 53.5 Å². The summed E-state index contributed by atoms with van der Waals surface area (Å²) in [4.78, 5) is 8.72. The molecule has 2 heterocycles. The Morgan fingerprint density at radius 3 is 2.58 bits per heavy atom. The smallest absolute Gasteiger partial charge is 0.0961 e. The minimum atomic E-state index is 0.813. The first-order chi connectivity index (χ1) is 9.13. The highest BCUT2D eigenvalue weighted by Crippen LogP contribution is 2.19. The average molecular weight is 251 g/mol. The van der Waals surface area contributed by atoms with Crippen molar-refractivity contribution in [1.29, 1.82) is 0 Å². The number of aryl methyl sites for hydroxylation is 3. The van der Waals surface area contributed by atoms with Crippen LogP contribution in [0.1, 0.15) is 22.3 Å². The SMILES string of the molecule is Cc1cncc(Cn2cnc3cc(C)c(C)cc32)c1. The molecule has 0 N–H and O–H groups in total. The fraction of sp³-hybridized carbons (Fsp3) is 0.250. The number of imidazole rings is 1. The second-order valence-corrected chi connectivity index (χ2v) is 5.17. The molecule has 96 valence electrons. The van der Waals surface area contributed by atoms with Crippen LogP contribution in [0.15, 0.2) is 36.9 Å². The highest BCUT2D eigenvalue weighted by Gasteiger charge is 2.05. The van der Waals surface area contributed by atoms with Crippen molar-refractivity contribution in [2.24, 2.45) is 0 Å². The highest BCUT2D eigenvalue weighted by molar-refractivity contribution is 5.77. The normalized spacial score (nSPS) is 11.1. The number of benzene rings is 1. The Hall–Kier alpha value is -2.16. The van der Waals surface area contributed by atoms with Gasteiger partial charge in [-0.25, -0.2) is 4.98 Å². The maximum Gasteiger partial charge on any atom is 0.0961 e. The molecule has 3 nitrogen and oxygen atoms in total. The van der Waals surface area contributed by atoms with Crippen LogP contribution in [0.3, 0.4) is 0 Å². The summed E-state index contributed by atoms with van der Waals surface area (Å²) in [5, 5.41) is 0. The maximum atomic E-state index is 4.48. The largest absolute Gasteiger partial charge is 0.326 e. The summed E-state index contributed by atoms with van der Waals surface area (Å²) >= 11 is 0. The van der Waals surface area contributed by atoms with Gasteiger partial charge in [0.15, 0.2) is 0 Å². The summed E-state index contributed by atoms with van der Waals surface area (Å²) in [6, 6.07) is 6.52. The average Bonchev–Trinajstić information content (AvgIpc) is 2.73. The molecule has 2 aromatic heterocycles. The molecule has 0 amide bonds. The molecule has 0 unspecified atom stereocenters. The van der Waals surface area contributed by atoms with E-state index in [1.54, 1.807) is 0 Å². The van der Waals surface area contributed by atoms with Gasteiger partial charge in [-0.2, -0.15) is 0 Å². The van der Waals surface area contributed by atoms with Crippen LogP contribution in [0.4, 0.5) is 0 Å². The van der Waals surface area contributed by atoms with Crippen LogP contribution in [-0.4, -0.2) is 14.5 Å². The lowest BCUT2D eigenvalue weighted by Gasteiger charge is -2.06. The molecule has 0 spiro atoms. The molecule has 0 aliphatic carbocycles. The molecular formula is C16H17N3. The van der Waals surface area contributed by atoms with E-state index < -0.39 is 0 Å². The number of fused-ring (bicyclic) bond motifs is 1. The Balaban J connectivity index is 2.04. The van der Waals surface area contributed by atoms with Gasteiger partial charge in [-0.1, -0.05) is 6.07 Å². The van der Waals surface area contributed by atoms with E-state index in [1.165, 1.54) is 27.8 Å². The van der Waals surface area contributed by atoms with Gasteiger partial charge in [-0.3, -0.25) is 4.98 Å². The Bertz CT molecular complexity index is 741. The predicted molar refractivity (Wildman–Crippen MR) is 77.3 cm³/mol. The predicted octanol–water partition coefficient (Wildman–Crippen LogP) is 3.40. The third-order valence-electron chi connectivity index (χ3n) is 3.52. The monoisotopic (exact) mass is 251 g/mol. The summed E-state index contributed by atoms with van der Waals surface area (Å²) in [6.45, 7) is 7.14. The van der Waals surface area contributed by atoms with Gasteiger partial charge in [0.1, 0.15) is 0 Å². The van der Waals surface area contributed by atoms with Crippen LogP contribution in [0, 0.1) is 20.8 Å². The first-order valence-corrected chi connectivity index (χ1v) is 6.46. The van der Waals surface area contributed by atoms with Gasteiger partial charge in [0.05, 0.1) is 23.9 Å². The molecule has 0 fully saturated rings. The van der Waals surface area contributed by atoms with E-state index >= 15 is 0 Å². The van der Waals surface area contributed by atoms with Crippen LogP contribution in [-0.2, 0) is 6.54 Å². The lowest BCUT2D eigenvalue weighted by Crippen LogP contribution is -1.99. The molecule has 0 atom stereocenters. The number of nitrogens with zero attached hydrogens (tertiary/aromatic N) is 3. The van der Waals surface area contributed by atoms with Crippen molar-refractivity contribution in [3.63, 3.8) is 0 Å². The lowest BCUT2D eigenvalue weighted by atomic mass is 10.1. The minimum Gasteiger partial charge on any atom is -0.326 e. The van der Waals surface area contributed by atoms with Crippen LogP contribution in [0.5, 0.6) is 0 Å². The van der Waals surface area contributed by atoms with Gasteiger partial charge in [-0.05, 0) is 55.2 Å². The molecule has 0 saturated heterocycles. The van der Waals surface area contributed by atoms with Crippen molar-refractivity contribution in [3.8, 4) is 0 Å². The van der Waals surface area contributed by atoms with E-state index in [9.17, 15) is 0 Å². The number of aromatic nitrogens is 3. The molecule has 3 heteroatoms. The number of hydrogen-bond donors (Lipinski definition) is 0. The third kappa shape index (κ3) is 2.24. The van der Waals surface area contributed by atoms with Gasteiger partial charge in [-0.15, -0.1) is 0 Å².